The predicted molar refractivity (Wildman–Crippen MR) is 203 cm³/mol. The largest absolute Gasteiger partial charge is 0.508 e. The van der Waals surface area contributed by atoms with Crippen molar-refractivity contribution in [3.8, 4) is 5.75 Å². The average Bonchev–Trinajstić information content (AvgIpc) is 3.66. The number of phenols is 1. The Morgan fingerprint density at radius 3 is 1.98 bits per heavy atom. The van der Waals surface area contributed by atoms with Crippen LogP contribution in [0, 0.1) is 5.92 Å². The molecule has 2 rings (SSSR count). The molecule has 22 nitrogen and oxygen atoms in total. The summed E-state index contributed by atoms with van der Waals surface area (Å²) in [7, 11) is 0. The molecule has 0 radical (unpaired) electrons. The number of likely N-dealkylation sites (tertiary alicyclic amines) is 1. The van der Waals surface area contributed by atoms with E-state index >= 15 is 0 Å². The molecule has 13 N–H and O–H groups in total. The molecule has 1 aliphatic rings. The van der Waals surface area contributed by atoms with Crippen molar-refractivity contribution >= 4 is 53.2 Å². The molecule has 1 fully saturated rings. The third kappa shape index (κ3) is 15.6. The molecule has 8 amide bonds. The number of carboxylic acid groups (broad SMARTS) is 1. The van der Waals surface area contributed by atoms with E-state index in [1.807, 2.05) is 13.8 Å². The van der Waals surface area contributed by atoms with Crippen molar-refractivity contribution < 1.29 is 63.6 Å². The number of nitrogens with one attached hydrogen (secondary N) is 7. The minimum Gasteiger partial charge on any atom is -0.508 e. The quantitative estimate of drug-likeness (QED) is 0.0522. The van der Waals surface area contributed by atoms with Crippen LogP contribution in [0.5, 0.6) is 5.75 Å². The lowest BCUT2D eigenvalue weighted by Crippen LogP contribution is -2.60. The number of aliphatic carboxylic acids is 1. The molecule has 322 valence electrons. The smallest absolute Gasteiger partial charge is 0.326 e. The van der Waals surface area contributed by atoms with E-state index in [2.05, 4.69) is 37.2 Å². The van der Waals surface area contributed by atoms with Crippen LogP contribution < -0.4 is 43.0 Å². The number of aliphatic hydroxyl groups excluding tert-OH is 2. The molecule has 1 heterocycles. The highest BCUT2D eigenvalue weighted by molar-refractivity contribution is 5.97. The van der Waals surface area contributed by atoms with E-state index in [0.717, 1.165) is 4.90 Å². The van der Waals surface area contributed by atoms with Crippen LogP contribution in [0.1, 0.15) is 52.5 Å². The van der Waals surface area contributed by atoms with Gasteiger partial charge >= 0.3 is 5.97 Å². The van der Waals surface area contributed by atoms with Crippen molar-refractivity contribution in [3.63, 3.8) is 0 Å². The zero-order valence-electron chi connectivity index (χ0n) is 32.8. The van der Waals surface area contributed by atoms with Gasteiger partial charge in [-0.15, -0.1) is 0 Å². The van der Waals surface area contributed by atoms with Gasteiger partial charge in [0.25, 0.3) is 0 Å². The number of hydrogen-bond acceptors (Lipinski definition) is 13. The molecular formula is C36H55N9O13. The summed E-state index contributed by atoms with van der Waals surface area (Å²) in [6.45, 7) is 3.80. The Hall–Kier alpha value is -5.87. The summed E-state index contributed by atoms with van der Waals surface area (Å²) in [4.78, 5) is 115. The average molecular weight is 822 g/mol. The second-order valence-corrected chi connectivity index (χ2v) is 14.2. The van der Waals surface area contributed by atoms with Crippen LogP contribution >= 0.6 is 0 Å². The number of amides is 8. The van der Waals surface area contributed by atoms with Crippen LogP contribution in [0.15, 0.2) is 24.3 Å². The number of rotatable bonds is 22. The SMILES string of the molecule is CC(C)C[C@H](NC(=O)CN)C(=O)NCC(=O)NCC(=O)N[C@H](C(=O)N[C@@H](C)C(=O)N1CCC[C@H]1C(=O)N[C@@H](CO)C(=O)N[C@@H](Cc1ccc(O)cc1)C(=O)O)[C@@H](C)O. The molecule has 1 saturated heterocycles. The number of nitrogens with two attached hydrogens (primary N) is 1. The van der Waals surface area contributed by atoms with Gasteiger partial charge in [0, 0.05) is 13.0 Å². The topological polar surface area (TPSA) is 348 Å². The highest BCUT2D eigenvalue weighted by Gasteiger charge is 2.39. The van der Waals surface area contributed by atoms with Crippen molar-refractivity contribution in [2.75, 3.05) is 32.8 Å². The number of aromatic hydroxyl groups is 1. The van der Waals surface area contributed by atoms with E-state index in [-0.39, 0.29) is 44.0 Å². The van der Waals surface area contributed by atoms with Gasteiger partial charge in [0.1, 0.15) is 42.0 Å². The molecule has 1 aromatic carbocycles. The zero-order valence-corrected chi connectivity index (χ0v) is 32.8. The molecule has 0 aliphatic carbocycles. The fraction of sp³-hybridized carbons (Fsp3) is 0.583. The number of hydrogen-bond donors (Lipinski definition) is 12. The third-order valence-corrected chi connectivity index (χ3v) is 8.87. The summed E-state index contributed by atoms with van der Waals surface area (Å²) in [5.74, 6) is -7.82. The molecule has 1 aromatic rings. The minimum atomic E-state index is -1.59. The number of nitrogens with zero attached hydrogens (tertiary/aromatic N) is 1. The number of carbonyl (C=O) groups excluding carboxylic acids is 8. The first kappa shape index (κ1) is 48.3. The first-order chi connectivity index (χ1) is 27.3. The monoisotopic (exact) mass is 821 g/mol. The lowest BCUT2D eigenvalue weighted by atomic mass is 10.0. The van der Waals surface area contributed by atoms with E-state index < -0.39 is 115 Å². The lowest BCUT2D eigenvalue weighted by molar-refractivity contribution is -0.144. The summed E-state index contributed by atoms with van der Waals surface area (Å²) >= 11 is 0. The molecule has 0 saturated carbocycles. The van der Waals surface area contributed by atoms with Crippen LogP contribution in [0.2, 0.25) is 0 Å². The van der Waals surface area contributed by atoms with Crippen molar-refractivity contribution in [2.24, 2.45) is 11.7 Å². The Morgan fingerprint density at radius 2 is 1.41 bits per heavy atom. The van der Waals surface area contributed by atoms with E-state index in [9.17, 15) is 63.6 Å². The van der Waals surface area contributed by atoms with Crippen molar-refractivity contribution in [2.45, 2.75) is 95.7 Å². The zero-order chi connectivity index (χ0) is 43.7. The second kappa shape index (κ2) is 23.4. The maximum Gasteiger partial charge on any atom is 0.326 e. The van der Waals surface area contributed by atoms with Gasteiger partial charge in [0.2, 0.25) is 47.3 Å². The van der Waals surface area contributed by atoms with E-state index in [4.69, 9.17) is 5.73 Å². The fourth-order valence-electron chi connectivity index (χ4n) is 5.84. The number of carboxylic acids is 1. The number of benzene rings is 1. The number of phenolic OH excluding ortho intramolecular Hbond substituents is 1. The molecule has 22 heteroatoms. The Labute approximate surface area is 334 Å². The maximum absolute atomic E-state index is 13.4. The first-order valence-corrected chi connectivity index (χ1v) is 18.6. The Kier molecular flexibility index (Phi) is 19.5. The molecule has 0 unspecified atom stereocenters. The van der Waals surface area contributed by atoms with Gasteiger partial charge in [-0.1, -0.05) is 26.0 Å². The van der Waals surface area contributed by atoms with Gasteiger partial charge in [-0.2, -0.15) is 0 Å². The minimum absolute atomic E-state index is 0.0236. The normalized spacial score (nSPS) is 16.7. The lowest BCUT2D eigenvalue weighted by Gasteiger charge is -2.29. The molecule has 0 aromatic heterocycles. The third-order valence-electron chi connectivity index (χ3n) is 8.87. The summed E-state index contributed by atoms with van der Waals surface area (Å²) in [5.41, 5.74) is 5.78. The molecular weight excluding hydrogens is 766 g/mol. The van der Waals surface area contributed by atoms with E-state index in [0.29, 0.717) is 12.0 Å². The fourth-order valence-corrected chi connectivity index (χ4v) is 5.84. The number of aliphatic hydroxyl groups is 2. The Morgan fingerprint density at radius 1 is 0.776 bits per heavy atom. The Balaban J connectivity index is 1.94. The van der Waals surface area contributed by atoms with Gasteiger partial charge in [0.05, 0.1) is 32.3 Å². The van der Waals surface area contributed by atoms with Gasteiger partial charge in [0.15, 0.2) is 0 Å². The number of carbonyl (C=O) groups is 9. The molecule has 58 heavy (non-hydrogen) atoms. The van der Waals surface area contributed by atoms with E-state index in [1.165, 1.54) is 38.1 Å². The van der Waals surface area contributed by atoms with Crippen molar-refractivity contribution in [1.29, 1.82) is 0 Å². The van der Waals surface area contributed by atoms with Gasteiger partial charge < -0.3 is 68.3 Å². The summed E-state index contributed by atoms with van der Waals surface area (Å²) in [6, 6.07) is -2.36. The maximum atomic E-state index is 13.4. The summed E-state index contributed by atoms with van der Waals surface area (Å²) in [5, 5.41) is 55.6. The summed E-state index contributed by atoms with van der Waals surface area (Å²) < 4.78 is 0. The van der Waals surface area contributed by atoms with Crippen LogP contribution in [-0.4, -0.2) is 154 Å². The van der Waals surface area contributed by atoms with Gasteiger partial charge in [-0.25, -0.2) is 4.79 Å². The van der Waals surface area contributed by atoms with Crippen LogP contribution in [0.25, 0.3) is 0 Å². The van der Waals surface area contributed by atoms with Crippen molar-refractivity contribution in [3.05, 3.63) is 29.8 Å². The molecule has 0 bridgehead atoms. The highest BCUT2D eigenvalue weighted by Crippen LogP contribution is 2.19. The highest BCUT2D eigenvalue weighted by atomic mass is 16.4. The summed E-state index contributed by atoms with van der Waals surface area (Å²) in [6.07, 6.45) is -0.854. The van der Waals surface area contributed by atoms with Crippen LogP contribution in [0.4, 0.5) is 0 Å². The standard InChI is InChI=1S/C36H55N9O13/c1-18(2)12-23(41-27(49)14-37)31(52)39-15-28(50)38-16-29(51)44-30(20(4)47)34(55)40-19(3)35(56)45-11-5-6-26(45)33(54)43-25(17-46)32(53)42-24(36(57)58)13-21-7-9-22(48)10-8-21/h7-10,18-20,23-26,30,46-48H,5-6,11-17,37H2,1-4H3,(H,38,50)(H,39,52)(H,40,55)(H,41,49)(H,42,53)(H,43,54)(H,44,51)(H,57,58)/t19-,20+,23-,24-,25-,26-,30-/m0/s1. The Bertz CT molecular complexity index is 1640. The second-order valence-electron chi connectivity index (χ2n) is 14.2. The van der Waals surface area contributed by atoms with Gasteiger partial charge in [-0.05, 0) is 56.7 Å². The van der Waals surface area contributed by atoms with Crippen LogP contribution in [0.3, 0.4) is 0 Å². The van der Waals surface area contributed by atoms with Crippen molar-refractivity contribution in [1.82, 2.24) is 42.1 Å². The molecule has 1 aliphatic heterocycles. The van der Waals surface area contributed by atoms with Crippen LogP contribution in [-0.2, 0) is 49.6 Å². The first-order valence-electron chi connectivity index (χ1n) is 18.6. The molecule has 7 atom stereocenters. The predicted octanol–water partition coefficient (Wildman–Crippen LogP) is -4.94. The van der Waals surface area contributed by atoms with E-state index in [1.54, 1.807) is 0 Å². The molecule has 0 spiro atoms. The van der Waals surface area contributed by atoms with Gasteiger partial charge in [-0.3, -0.25) is 38.4 Å².